The van der Waals surface area contributed by atoms with Crippen LogP contribution in [0.15, 0.2) is 182 Å². The summed E-state index contributed by atoms with van der Waals surface area (Å²) in [5.41, 5.74) is 9.50. The molecule has 0 heterocycles. The highest BCUT2D eigenvalue weighted by atomic mass is 16.5. The smallest absolute Gasteiger partial charge is 0.347 e. The molecular formula is C51H46O3. The maximum absolute atomic E-state index is 14.4. The molecule has 0 N–H and O–H groups in total. The van der Waals surface area contributed by atoms with Crippen molar-refractivity contribution in [3.05, 3.63) is 232 Å². The molecule has 3 nitrogen and oxygen atoms in total. The molecule has 0 bridgehead atoms. The summed E-state index contributed by atoms with van der Waals surface area (Å²) in [5, 5.41) is 0. The van der Waals surface area contributed by atoms with E-state index in [0.29, 0.717) is 22.8 Å². The molecule has 4 unspecified atom stereocenters. The number of carbonyl (C=O) groups excluding carboxylic acids is 1. The van der Waals surface area contributed by atoms with Gasteiger partial charge in [0.05, 0.1) is 0 Å². The Morgan fingerprint density at radius 3 is 1.19 bits per heavy atom. The van der Waals surface area contributed by atoms with Crippen molar-refractivity contribution in [3.8, 4) is 17.2 Å². The molecular weight excluding hydrogens is 661 g/mol. The zero-order valence-electron chi connectivity index (χ0n) is 31.4. The molecule has 4 atom stereocenters. The molecule has 0 fully saturated rings. The van der Waals surface area contributed by atoms with Crippen molar-refractivity contribution in [1.82, 2.24) is 0 Å². The molecule has 7 aromatic carbocycles. The molecule has 0 saturated carbocycles. The Hall–Kier alpha value is -6.19. The van der Waals surface area contributed by atoms with Crippen LogP contribution in [-0.2, 0) is 0 Å². The molecule has 268 valence electrons. The lowest BCUT2D eigenvalue weighted by Gasteiger charge is -2.25. The van der Waals surface area contributed by atoms with Crippen LogP contribution >= 0.6 is 0 Å². The van der Waals surface area contributed by atoms with Crippen LogP contribution in [0.2, 0.25) is 0 Å². The number of rotatable bonds is 12. The standard InChI is InChI=1S/C51H46O3/c1-35(39-21-9-5-10-22-39)43-30-19-33-47(49(43)37(3)41-25-13-7-14-26-41)53-46-32-18-17-29-45(46)51(52)54-48-34-20-31-44(36(2)40-23-11-6-12-24-40)50(48)38(4)42-27-15-8-16-28-42/h5-38H,1-4H3. The molecule has 0 spiro atoms. The van der Waals surface area contributed by atoms with Crippen molar-refractivity contribution in [1.29, 1.82) is 0 Å². The largest absolute Gasteiger partial charge is 0.456 e. The van der Waals surface area contributed by atoms with E-state index in [-0.39, 0.29) is 23.7 Å². The molecule has 54 heavy (non-hydrogen) atoms. The third kappa shape index (κ3) is 7.77. The Balaban J connectivity index is 1.27. The zero-order valence-corrected chi connectivity index (χ0v) is 31.4. The van der Waals surface area contributed by atoms with Gasteiger partial charge in [0, 0.05) is 34.8 Å². The molecule has 0 aliphatic rings. The third-order valence-corrected chi connectivity index (χ3v) is 10.7. The second-order valence-electron chi connectivity index (χ2n) is 14.0. The predicted molar refractivity (Wildman–Crippen MR) is 220 cm³/mol. The van der Waals surface area contributed by atoms with Gasteiger partial charge in [0.25, 0.3) is 0 Å². The topological polar surface area (TPSA) is 35.5 Å². The van der Waals surface area contributed by atoms with Gasteiger partial charge in [-0.15, -0.1) is 0 Å². The van der Waals surface area contributed by atoms with Crippen LogP contribution in [0.1, 0.15) is 106 Å². The van der Waals surface area contributed by atoms with E-state index < -0.39 is 5.97 Å². The lowest BCUT2D eigenvalue weighted by atomic mass is 9.82. The Morgan fingerprint density at radius 2 is 0.722 bits per heavy atom. The minimum absolute atomic E-state index is 0.0269. The second kappa shape index (κ2) is 16.7. The number of esters is 1. The van der Waals surface area contributed by atoms with E-state index in [1.54, 1.807) is 6.07 Å². The van der Waals surface area contributed by atoms with Crippen LogP contribution in [0.25, 0.3) is 0 Å². The molecule has 0 aliphatic heterocycles. The van der Waals surface area contributed by atoms with Crippen molar-refractivity contribution in [2.75, 3.05) is 0 Å². The van der Waals surface area contributed by atoms with Crippen molar-refractivity contribution in [3.63, 3.8) is 0 Å². The van der Waals surface area contributed by atoms with Crippen molar-refractivity contribution >= 4 is 5.97 Å². The van der Waals surface area contributed by atoms with E-state index in [2.05, 4.69) is 137 Å². The van der Waals surface area contributed by atoms with Crippen LogP contribution < -0.4 is 9.47 Å². The Labute approximate surface area is 319 Å². The first-order valence-electron chi connectivity index (χ1n) is 18.8. The minimum atomic E-state index is -0.469. The summed E-state index contributed by atoms with van der Waals surface area (Å²) < 4.78 is 13.3. The van der Waals surface area contributed by atoms with Gasteiger partial charge in [-0.3, -0.25) is 0 Å². The summed E-state index contributed by atoms with van der Waals surface area (Å²) in [6.07, 6.45) is 0. The number of hydrogen-bond acceptors (Lipinski definition) is 3. The van der Waals surface area contributed by atoms with E-state index in [9.17, 15) is 4.79 Å². The normalized spacial score (nSPS) is 13.3. The predicted octanol–water partition coefficient (Wildman–Crippen LogP) is 13.3. The van der Waals surface area contributed by atoms with Gasteiger partial charge in [0.2, 0.25) is 0 Å². The van der Waals surface area contributed by atoms with Gasteiger partial charge in [-0.05, 0) is 57.6 Å². The number of carbonyl (C=O) groups is 1. The highest BCUT2D eigenvalue weighted by molar-refractivity contribution is 5.94. The Bertz CT molecular complexity index is 2300. The maximum Gasteiger partial charge on any atom is 0.347 e. The van der Waals surface area contributed by atoms with Gasteiger partial charge in [-0.2, -0.15) is 0 Å². The molecule has 0 amide bonds. The average Bonchev–Trinajstić information content (AvgIpc) is 3.24. The van der Waals surface area contributed by atoms with Gasteiger partial charge < -0.3 is 9.47 Å². The summed E-state index contributed by atoms with van der Waals surface area (Å²) in [4.78, 5) is 14.4. The first kappa shape index (κ1) is 36.2. The zero-order chi connectivity index (χ0) is 37.4. The average molecular weight is 707 g/mol. The fourth-order valence-corrected chi connectivity index (χ4v) is 7.64. The molecule has 0 aliphatic carbocycles. The molecule has 7 aromatic rings. The highest BCUT2D eigenvalue weighted by Gasteiger charge is 2.27. The summed E-state index contributed by atoms with van der Waals surface area (Å²) >= 11 is 0. The Kier molecular flexibility index (Phi) is 11.2. The molecule has 0 radical (unpaired) electrons. The molecule has 0 saturated heterocycles. The quantitative estimate of drug-likeness (QED) is 0.0937. The number of benzene rings is 7. The van der Waals surface area contributed by atoms with Crippen LogP contribution in [-0.4, -0.2) is 5.97 Å². The van der Waals surface area contributed by atoms with Gasteiger partial charge in [-0.1, -0.05) is 185 Å². The fraction of sp³-hybridized carbons (Fsp3) is 0.157. The molecule has 0 aromatic heterocycles. The first-order chi connectivity index (χ1) is 26.4. The van der Waals surface area contributed by atoms with E-state index in [0.717, 1.165) is 22.3 Å². The second-order valence-corrected chi connectivity index (χ2v) is 14.0. The summed E-state index contributed by atoms with van der Waals surface area (Å²) in [6, 6.07) is 61.6. The van der Waals surface area contributed by atoms with E-state index in [1.165, 1.54) is 22.3 Å². The fourth-order valence-electron chi connectivity index (χ4n) is 7.64. The summed E-state index contributed by atoms with van der Waals surface area (Å²) in [7, 11) is 0. The van der Waals surface area contributed by atoms with E-state index in [1.807, 2.05) is 66.7 Å². The van der Waals surface area contributed by atoms with Crippen LogP contribution in [0.4, 0.5) is 0 Å². The van der Waals surface area contributed by atoms with E-state index in [4.69, 9.17) is 9.47 Å². The lowest BCUT2D eigenvalue weighted by Crippen LogP contribution is -2.14. The first-order valence-corrected chi connectivity index (χ1v) is 18.8. The minimum Gasteiger partial charge on any atom is -0.456 e. The monoisotopic (exact) mass is 706 g/mol. The van der Waals surface area contributed by atoms with Crippen LogP contribution in [0.5, 0.6) is 17.2 Å². The van der Waals surface area contributed by atoms with Gasteiger partial charge in [-0.25, -0.2) is 4.79 Å². The Morgan fingerprint density at radius 1 is 0.370 bits per heavy atom. The molecule has 7 rings (SSSR count). The van der Waals surface area contributed by atoms with E-state index >= 15 is 0 Å². The van der Waals surface area contributed by atoms with Gasteiger partial charge in [0.1, 0.15) is 22.8 Å². The van der Waals surface area contributed by atoms with Crippen molar-refractivity contribution in [2.45, 2.75) is 51.4 Å². The summed E-state index contributed by atoms with van der Waals surface area (Å²) in [6.45, 7) is 8.85. The maximum atomic E-state index is 14.4. The third-order valence-electron chi connectivity index (χ3n) is 10.7. The number of ether oxygens (including phenoxy) is 2. The van der Waals surface area contributed by atoms with Crippen molar-refractivity contribution in [2.24, 2.45) is 0 Å². The lowest BCUT2D eigenvalue weighted by molar-refractivity contribution is 0.0730. The number of hydrogen-bond donors (Lipinski definition) is 0. The number of para-hydroxylation sites is 1. The highest BCUT2D eigenvalue weighted by Crippen LogP contribution is 2.43. The van der Waals surface area contributed by atoms with Crippen molar-refractivity contribution < 1.29 is 14.3 Å². The summed E-state index contributed by atoms with van der Waals surface area (Å²) in [5.74, 6) is 1.43. The van der Waals surface area contributed by atoms with Gasteiger partial charge >= 0.3 is 5.97 Å². The molecule has 3 heteroatoms. The SMILES string of the molecule is CC(c1ccccc1)c1cccc(OC(=O)c2ccccc2Oc2cccc(C(C)c3ccccc3)c2C(C)c2ccccc2)c1C(C)c1ccccc1. The van der Waals surface area contributed by atoms with Crippen LogP contribution in [0, 0.1) is 0 Å². The van der Waals surface area contributed by atoms with Crippen LogP contribution in [0.3, 0.4) is 0 Å². The van der Waals surface area contributed by atoms with Gasteiger partial charge in [0.15, 0.2) is 0 Å².